The number of hydrogen-bond acceptors (Lipinski definition) is 4. The number of halogens is 1. The normalized spacial score (nSPS) is 22.2. The number of rotatable bonds is 5. The highest BCUT2D eigenvalue weighted by atomic mass is 35.5. The Morgan fingerprint density at radius 3 is 2.67 bits per heavy atom. The first-order valence-corrected chi connectivity index (χ1v) is 8.28. The van der Waals surface area contributed by atoms with Gasteiger partial charge in [-0.05, 0) is 37.5 Å². The molecule has 0 saturated heterocycles. The van der Waals surface area contributed by atoms with Crippen molar-refractivity contribution < 1.29 is 23.1 Å². The molecule has 1 aliphatic rings. The van der Waals surface area contributed by atoms with Gasteiger partial charge in [0.1, 0.15) is 5.75 Å². The van der Waals surface area contributed by atoms with Crippen LogP contribution in [-0.4, -0.2) is 32.6 Å². The minimum Gasteiger partial charge on any atom is -0.495 e. The quantitative estimate of drug-likeness (QED) is 0.858. The van der Waals surface area contributed by atoms with Crippen molar-refractivity contribution in [1.29, 1.82) is 0 Å². The molecule has 0 bridgehead atoms. The number of carboxylic acid groups (broad SMARTS) is 1. The molecule has 2 rings (SSSR count). The molecule has 1 aromatic carbocycles. The second kappa shape index (κ2) is 6.21. The van der Waals surface area contributed by atoms with Crippen molar-refractivity contribution in [3.05, 3.63) is 23.2 Å². The maximum atomic E-state index is 12.3. The highest BCUT2D eigenvalue weighted by molar-refractivity contribution is 7.89. The van der Waals surface area contributed by atoms with Gasteiger partial charge in [0.15, 0.2) is 0 Å². The standard InChI is InChI=1S/C13H16ClNO5S/c1-20-12-5-4-10(7-11(12)14)21(18,19)15-9-3-2-8(6-9)13(16)17/h4-5,7-9,15H,2-3,6H2,1H3,(H,16,17)/t8-,9+/m1/s1. The third kappa shape index (κ3) is 3.66. The van der Waals surface area contributed by atoms with Crippen LogP contribution in [-0.2, 0) is 14.8 Å². The number of benzene rings is 1. The van der Waals surface area contributed by atoms with Crippen molar-refractivity contribution in [3.8, 4) is 5.75 Å². The predicted molar refractivity (Wildman–Crippen MR) is 77.1 cm³/mol. The van der Waals surface area contributed by atoms with Crippen molar-refractivity contribution >= 4 is 27.6 Å². The number of methoxy groups -OCH3 is 1. The summed E-state index contributed by atoms with van der Waals surface area (Å²) in [6.07, 6.45) is 1.30. The Labute approximate surface area is 128 Å². The summed E-state index contributed by atoms with van der Waals surface area (Å²) in [5.41, 5.74) is 0. The van der Waals surface area contributed by atoms with Crippen molar-refractivity contribution in [1.82, 2.24) is 4.72 Å². The van der Waals surface area contributed by atoms with E-state index in [0.29, 0.717) is 25.0 Å². The van der Waals surface area contributed by atoms with Crippen LogP contribution in [0.2, 0.25) is 5.02 Å². The molecular formula is C13H16ClNO5S. The molecule has 1 aromatic rings. The van der Waals surface area contributed by atoms with E-state index in [2.05, 4.69) is 4.72 Å². The Hall–Kier alpha value is -1.31. The summed E-state index contributed by atoms with van der Waals surface area (Å²) in [6, 6.07) is 3.83. The summed E-state index contributed by atoms with van der Waals surface area (Å²) in [6.45, 7) is 0. The zero-order valence-corrected chi connectivity index (χ0v) is 12.9. The van der Waals surface area contributed by atoms with Crippen molar-refractivity contribution in [2.75, 3.05) is 7.11 Å². The molecule has 8 heteroatoms. The molecule has 2 atom stereocenters. The Morgan fingerprint density at radius 2 is 2.14 bits per heavy atom. The molecule has 6 nitrogen and oxygen atoms in total. The summed E-state index contributed by atoms with van der Waals surface area (Å²) in [5.74, 6) is -0.983. The SMILES string of the molecule is COc1ccc(S(=O)(=O)N[C@H]2CC[C@@H](C(=O)O)C2)cc1Cl. The van der Waals surface area contributed by atoms with Crippen LogP contribution in [0.25, 0.3) is 0 Å². The van der Waals surface area contributed by atoms with E-state index in [-0.39, 0.29) is 16.0 Å². The van der Waals surface area contributed by atoms with E-state index in [9.17, 15) is 13.2 Å². The van der Waals surface area contributed by atoms with Gasteiger partial charge in [-0.2, -0.15) is 0 Å². The van der Waals surface area contributed by atoms with E-state index in [1.165, 1.54) is 25.3 Å². The van der Waals surface area contributed by atoms with E-state index in [1.807, 2.05) is 0 Å². The van der Waals surface area contributed by atoms with Gasteiger partial charge in [0.25, 0.3) is 0 Å². The van der Waals surface area contributed by atoms with E-state index >= 15 is 0 Å². The van der Waals surface area contributed by atoms with Crippen LogP contribution in [0, 0.1) is 5.92 Å². The molecule has 0 spiro atoms. The van der Waals surface area contributed by atoms with E-state index in [0.717, 1.165) is 0 Å². The van der Waals surface area contributed by atoms with Gasteiger partial charge in [-0.1, -0.05) is 11.6 Å². The molecule has 116 valence electrons. The molecule has 0 unspecified atom stereocenters. The lowest BCUT2D eigenvalue weighted by molar-refractivity contribution is -0.141. The lowest BCUT2D eigenvalue weighted by Crippen LogP contribution is -2.33. The first kappa shape index (κ1) is 16.1. The van der Waals surface area contributed by atoms with E-state index in [4.69, 9.17) is 21.4 Å². The lowest BCUT2D eigenvalue weighted by Gasteiger charge is -2.13. The van der Waals surface area contributed by atoms with Crippen LogP contribution >= 0.6 is 11.6 Å². The summed E-state index contributed by atoms with van der Waals surface area (Å²) in [7, 11) is -2.28. The summed E-state index contributed by atoms with van der Waals surface area (Å²) >= 11 is 5.92. The molecule has 1 aliphatic carbocycles. The monoisotopic (exact) mass is 333 g/mol. The number of nitrogens with one attached hydrogen (secondary N) is 1. The van der Waals surface area contributed by atoms with Gasteiger partial charge in [0, 0.05) is 6.04 Å². The lowest BCUT2D eigenvalue weighted by atomic mass is 10.1. The van der Waals surface area contributed by atoms with Gasteiger partial charge in [0.05, 0.1) is 22.9 Å². The zero-order valence-electron chi connectivity index (χ0n) is 11.4. The Morgan fingerprint density at radius 1 is 1.43 bits per heavy atom. The average molecular weight is 334 g/mol. The molecule has 0 radical (unpaired) electrons. The number of hydrogen-bond donors (Lipinski definition) is 2. The van der Waals surface area contributed by atoms with Gasteiger partial charge in [0.2, 0.25) is 10.0 Å². The zero-order chi connectivity index (χ0) is 15.6. The molecule has 0 aromatic heterocycles. The van der Waals surface area contributed by atoms with E-state index < -0.39 is 21.9 Å². The average Bonchev–Trinajstić information content (AvgIpc) is 2.86. The summed E-state index contributed by atoms with van der Waals surface area (Å²) in [5, 5.41) is 9.14. The topological polar surface area (TPSA) is 92.7 Å². The fraction of sp³-hybridized carbons (Fsp3) is 0.462. The van der Waals surface area contributed by atoms with Crippen LogP contribution in [0.4, 0.5) is 0 Å². The predicted octanol–water partition coefficient (Wildman–Crippen LogP) is 1.88. The van der Waals surface area contributed by atoms with Crippen LogP contribution in [0.3, 0.4) is 0 Å². The molecule has 1 saturated carbocycles. The number of ether oxygens (including phenoxy) is 1. The molecule has 0 heterocycles. The molecule has 1 fully saturated rings. The smallest absolute Gasteiger partial charge is 0.306 e. The van der Waals surface area contributed by atoms with Crippen LogP contribution < -0.4 is 9.46 Å². The maximum Gasteiger partial charge on any atom is 0.306 e. The van der Waals surface area contributed by atoms with Crippen molar-refractivity contribution in [3.63, 3.8) is 0 Å². The number of sulfonamides is 1. The largest absolute Gasteiger partial charge is 0.495 e. The van der Waals surface area contributed by atoms with Gasteiger partial charge in [-0.25, -0.2) is 13.1 Å². The van der Waals surface area contributed by atoms with Crippen LogP contribution in [0.5, 0.6) is 5.75 Å². The third-order valence-corrected chi connectivity index (χ3v) is 5.35. The fourth-order valence-electron chi connectivity index (χ4n) is 2.41. The highest BCUT2D eigenvalue weighted by Gasteiger charge is 2.32. The third-order valence-electron chi connectivity index (χ3n) is 3.54. The minimum atomic E-state index is -3.72. The Kier molecular flexibility index (Phi) is 4.75. The number of carbonyl (C=O) groups is 1. The van der Waals surface area contributed by atoms with Crippen molar-refractivity contribution in [2.24, 2.45) is 5.92 Å². The maximum absolute atomic E-state index is 12.3. The molecule has 0 amide bonds. The first-order valence-electron chi connectivity index (χ1n) is 6.42. The molecule has 0 aliphatic heterocycles. The Balaban J connectivity index is 2.12. The van der Waals surface area contributed by atoms with Crippen LogP contribution in [0.1, 0.15) is 19.3 Å². The summed E-state index contributed by atoms with van der Waals surface area (Å²) in [4.78, 5) is 10.9. The summed E-state index contributed by atoms with van der Waals surface area (Å²) < 4.78 is 32.0. The minimum absolute atomic E-state index is 0.0343. The fourth-order valence-corrected chi connectivity index (χ4v) is 4.05. The number of carboxylic acids is 1. The van der Waals surface area contributed by atoms with Gasteiger partial charge in [-0.3, -0.25) is 4.79 Å². The van der Waals surface area contributed by atoms with Gasteiger partial charge < -0.3 is 9.84 Å². The Bertz CT molecular complexity index is 646. The molecule has 2 N–H and O–H groups in total. The molecule has 21 heavy (non-hydrogen) atoms. The number of aliphatic carboxylic acids is 1. The van der Waals surface area contributed by atoms with Gasteiger partial charge in [-0.15, -0.1) is 0 Å². The second-order valence-corrected chi connectivity index (χ2v) is 7.08. The van der Waals surface area contributed by atoms with Gasteiger partial charge >= 0.3 is 5.97 Å². The second-order valence-electron chi connectivity index (χ2n) is 4.96. The molecular weight excluding hydrogens is 318 g/mol. The first-order chi connectivity index (χ1) is 9.83. The van der Waals surface area contributed by atoms with Crippen LogP contribution in [0.15, 0.2) is 23.1 Å². The van der Waals surface area contributed by atoms with Crippen molar-refractivity contribution in [2.45, 2.75) is 30.2 Å². The van der Waals surface area contributed by atoms with E-state index in [1.54, 1.807) is 0 Å². The highest BCUT2D eigenvalue weighted by Crippen LogP contribution is 2.29.